The molecular formula is C20H25NO5. The molecule has 140 valence electrons. The number of fused-ring (bicyclic) bond motifs is 1. The summed E-state index contributed by atoms with van der Waals surface area (Å²) < 4.78 is 21.5. The van der Waals surface area contributed by atoms with Crippen LogP contribution in [0.2, 0.25) is 0 Å². The van der Waals surface area contributed by atoms with Crippen LogP contribution in [0.3, 0.4) is 0 Å². The summed E-state index contributed by atoms with van der Waals surface area (Å²) in [4.78, 5) is 0. The largest absolute Gasteiger partial charge is 0.634 e. The van der Waals surface area contributed by atoms with Crippen LogP contribution in [-0.2, 0) is 12.8 Å². The Bertz CT molecular complexity index is 777. The van der Waals surface area contributed by atoms with E-state index in [0.717, 1.165) is 23.1 Å². The van der Waals surface area contributed by atoms with Crippen molar-refractivity contribution in [2.45, 2.75) is 18.9 Å². The zero-order valence-corrected chi connectivity index (χ0v) is 15.6. The van der Waals surface area contributed by atoms with Crippen molar-refractivity contribution >= 4 is 0 Å². The van der Waals surface area contributed by atoms with Gasteiger partial charge in [0.2, 0.25) is 0 Å². The van der Waals surface area contributed by atoms with E-state index < -0.39 is 0 Å². The van der Waals surface area contributed by atoms with Gasteiger partial charge in [-0.15, -0.1) is 0 Å². The van der Waals surface area contributed by atoms with Crippen LogP contribution in [0.5, 0.6) is 23.0 Å². The normalized spacial score (nSPS) is 18.8. The maximum absolute atomic E-state index is 12.7. The van der Waals surface area contributed by atoms with Gasteiger partial charge in [0.15, 0.2) is 23.0 Å². The lowest BCUT2D eigenvalue weighted by molar-refractivity contribution is -0.884. The Hall–Kier alpha value is -2.44. The number of quaternary nitrogens is 1. The maximum atomic E-state index is 12.7. The van der Waals surface area contributed by atoms with E-state index in [1.54, 1.807) is 28.4 Å². The van der Waals surface area contributed by atoms with Crippen molar-refractivity contribution in [1.29, 1.82) is 0 Å². The highest BCUT2D eigenvalue weighted by Crippen LogP contribution is 2.36. The van der Waals surface area contributed by atoms with Gasteiger partial charge in [0.25, 0.3) is 0 Å². The molecule has 0 aliphatic carbocycles. The minimum atomic E-state index is -0.198. The second-order valence-electron chi connectivity index (χ2n) is 6.32. The molecule has 0 saturated carbocycles. The predicted molar refractivity (Wildman–Crippen MR) is 98.4 cm³/mol. The van der Waals surface area contributed by atoms with Gasteiger partial charge in [-0.1, -0.05) is 6.07 Å². The van der Waals surface area contributed by atoms with Gasteiger partial charge in [0.05, 0.1) is 35.0 Å². The number of hydrogen-bond acceptors (Lipinski definition) is 5. The molecule has 2 unspecified atom stereocenters. The SMILES string of the molecule is COc1ccc(CC2c3cc(OC)c(OC)cc3CC[NH+]2[O-])cc1OC. The second kappa shape index (κ2) is 7.85. The predicted octanol–water partition coefficient (Wildman–Crippen LogP) is 1.94. The Kier molecular flexibility index (Phi) is 5.54. The fourth-order valence-electron chi connectivity index (χ4n) is 3.55. The van der Waals surface area contributed by atoms with Crippen molar-refractivity contribution in [2.75, 3.05) is 35.0 Å². The van der Waals surface area contributed by atoms with Crippen LogP contribution >= 0.6 is 0 Å². The van der Waals surface area contributed by atoms with E-state index in [0.29, 0.717) is 36.0 Å². The fraction of sp³-hybridized carbons (Fsp3) is 0.400. The van der Waals surface area contributed by atoms with Gasteiger partial charge in [0, 0.05) is 18.4 Å². The summed E-state index contributed by atoms with van der Waals surface area (Å²) in [7, 11) is 6.45. The Morgan fingerprint density at radius 2 is 1.50 bits per heavy atom. The highest BCUT2D eigenvalue weighted by Gasteiger charge is 2.29. The summed E-state index contributed by atoms with van der Waals surface area (Å²) >= 11 is 0. The van der Waals surface area contributed by atoms with Crippen LogP contribution in [0.25, 0.3) is 0 Å². The third-order valence-corrected chi connectivity index (χ3v) is 4.94. The number of nitrogens with one attached hydrogen (secondary N) is 1. The van der Waals surface area contributed by atoms with Crippen molar-refractivity contribution < 1.29 is 24.0 Å². The summed E-state index contributed by atoms with van der Waals surface area (Å²) in [5, 5.41) is 12.9. The monoisotopic (exact) mass is 359 g/mol. The Labute approximate surface area is 153 Å². The quantitative estimate of drug-likeness (QED) is 0.799. The number of ether oxygens (including phenoxy) is 4. The summed E-state index contributed by atoms with van der Waals surface area (Å²) in [6.45, 7) is 0.542. The summed E-state index contributed by atoms with van der Waals surface area (Å²) in [6.07, 6.45) is 1.35. The maximum Gasteiger partial charge on any atom is 0.161 e. The summed E-state index contributed by atoms with van der Waals surface area (Å²) in [6, 6.07) is 9.51. The van der Waals surface area contributed by atoms with Crippen LogP contribution in [-0.4, -0.2) is 35.0 Å². The number of methoxy groups -OCH3 is 4. The lowest BCUT2D eigenvalue weighted by Gasteiger charge is -2.37. The van der Waals surface area contributed by atoms with Crippen LogP contribution in [0, 0.1) is 5.21 Å². The molecule has 0 aromatic heterocycles. The molecule has 26 heavy (non-hydrogen) atoms. The first kappa shape index (κ1) is 18.4. The van der Waals surface area contributed by atoms with Gasteiger partial charge >= 0.3 is 0 Å². The Morgan fingerprint density at radius 1 is 0.885 bits per heavy atom. The molecule has 0 saturated heterocycles. The number of benzene rings is 2. The van der Waals surface area contributed by atoms with Gasteiger partial charge in [-0.05, 0) is 35.4 Å². The van der Waals surface area contributed by atoms with E-state index in [1.807, 2.05) is 30.3 Å². The molecule has 1 aliphatic heterocycles. The molecule has 2 aromatic rings. The minimum Gasteiger partial charge on any atom is -0.634 e. The van der Waals surface area contributed by atoms with Crippen molar-refractivity contribution in [3.8, 4) is 23.0 Å². The highest BCUT2D eigenvalue weighted by atomic mass is 16.5. The molecule has 0 amide bonds. The van der Waals surface area contributed by atoms with Crippen molar-refractivity contribution in [1.82, 2.24) is 0 Å². The van der Waals surface area contributed by atoms with Crippen molar-refractivity contribution in [2.24, 2.45) is 0 Å². The van der Waals surface area contributed by atoms with E-state index in [2.05, 4.69) is 0 Å². The van der Waals surface area contributed by atoms with Gasteiger partial charge in [-0.25, -0.2) is 0 Å². The molecule has 6 heteroatoms. The summed E-state index contributed by atoms with van der Waals surface area (Å²) in [5.74, 6) is 2.70. The van der Waals surface area contributed by atoms with E-state index in [-0.39, 0.29) is 11.1 Å². The molecule has 6 nitrogen and oxygen atoms in total. The molecule has 2 aromatic carbocycles. The van der Waals surface area contributed by atoms with Crippen LogP contribution in [0.15, 0.2) is 30.3 Å². The van der Waals surface area contributed by atoms with E-state index in [4.69, 9.17) is 18.9 Å². The minimum absolute atomic E-state index is 0.198. The smallest absolute Gasteiger partial charge is 0.161 e. The fourth-order valence-corrected chi connectivity index (χ4v) is 3.55. The lowest BCUT2D eigenvalue weighted by Crippen LogP contribution is -3.09. The molecule has 1 aliphatic rings. The zero-order valence-electron chi connectivity index (χ0n) is 15.6. The standard InChI is InChI=1S/C20H25NO5/c1-23-17-6-5-13(10-18(17)24-2)9-16-15-12-20(26-4)19(25-3)11-14(15)7-8-21(16)22/h5-6,10-12,16,21H,7-9H2,1-4H3. The van der Waals surface area contributed by atoms with Gasteiger partial charge in [0.1, 0.15) is 6.04 Å². The molecule has 0 fully saturated rings. The average molecular weight is 359 g/mol. The van der Waals surface area contributed by atoms with E-state index in [9.17, 15) is 5.21 Å². The number of rotatable bonds is 6. The van der Waals surface area contributed by atoms with Crippen LogP contribution in [0.4, 0.5) is 0 Å². The molecule has 1 N–H and O–H groups in total. The highest BCUT2D eigenvalue weighted by molar-refractivity contribution is 5.49. The zero-order chi connectivity index (χ0) is 18.7. The molecule has 2 atom stereocenters. The number of hydroxylamine groups is 2. The molecular weight excluding hydrogens is 334 g/mol. The van der Waals surface area contributed by atoms with Crippen molar-refractivity contribution in [3.63, 3.8) is 0 Å². The third-order valence-electron chi connectivity index (χ3n) is 4.94. The van der Waals surface area contributed by atoms with Crippen molar-refractivity contribution in [3.05, 3.63) is 52.2 Å². The topological polar surface area (TPSA) is 64.4 Å². The second-order valence-corrected chi connectivity index (χ2v) is 6.32. The molecule has 0 spiro atoms. The molecule has 0 bridgehead atoms. The van der Waals surface area contributed by atoms with E-state index >= 15 is 0 Å². The van der Waals surface area contributed by atoms with Crippen LogP contribution in [0.1, 0.15) is 22.7 Å². The number of hydrogen-bond donors (Lipinski definition) is 1. The lowest BCUT2D eigenvalue weighted by atomic mass is 9.89. The van der Waals surface area contributed by atoms with E-state index in [1.165, 1.54) is 0 Å². The Morgan fingerprint density at radius 3 is 2.15 bits per heavy atom. The molecule has 3 rings (SSSR count). The first-order valence-electron chi connectivity index (χ1n) is 8.59. The van der Waals surface area contributed by atoms with Gasteiger partial charge < -0.3 is 29.2 Å². The van der Waals surface area contributed by atoms with Gasteiger partial charge in [-0.3, -0.25) is 0 Å². The summed E-state index contributed by atoms with van der Waals surface area (Å²) in [5.41, 5.74) is 3.20. The average Bonchev–Trinajstić information content (AvgIpc) is 2.68. The van der Waals surface area contributed by atoms with Gasteiger partial charge in [-0.2, -0.15) is 0 Å². The molecule has 1 heterocycles. The molecule has 0 radical (unpaired) electrons. The Balaban J connectivity index is 1.96. The first-order valence-corrected chi connectivity index (χ1v) is 8.59. The van der Waals surface area contributed by atoms with Crippen LogP contribution < -0.4 is 24.0 Å². The third kappa shape index (κ3) is 3.43. The first-order chi connectivity index (χ1) is 12.6.